The maximum absolute atomic E-state index is 15.1. The molecule has 0 aromatic heterocycles. The van der Waals surface area contributed by atoms with Crippen LogP contribution in [-0.2, 0) is 5.92 Å². The van der Waals surface area contributed by atoms with Gasteiger partial charge in [0.15, 0.2) is 11.5 Å². The van der Waals surface area contributed by atoms with Crippen LogP contribution in [0.15, 0.2) is 18.2 Å². The summed E-state index contributed by atoms with van der Waals surface area (Å²) in [5, 5.41) is 0. The maximum atomic E-state index is 15.1. The monoisotopic (exact) mass is 492 g/mol. The molecule has 1 aromatic carbocycles. The third-order valence-electron chi connectivity index (χ3n) is 8.24. The lowest BCUT2D eigenvalue weighted by atomic mass is 9.67. The number of hydrogen-bond donors (Lipinski definition) is 0. The molecule has 4 rings (SSSR count). The van der Waals surface area contributed by atoms with Crippen LogP contribution < -0.4 is 9.47 Å². The molecule has 192 valence electrons. The van der Waals surface area contributed by atoms with E-state index in [0.717, 1.165) is 24.8 Å². The molecule has 1 heterocycles. The summed E-state index contributed by atoms with van der Waals surface area (Å²) in [7, 11) is 0. The second kappa shape index (κ2) is 9.81. The van der Waals surface area contributed by atoms with Crippen molar-refractivity contribution in [1.82, 2.24) is 0 Å². The number of alkyl halides is 6. The van der Waals surface area contributed by atoms with Gasteiger partial charge in [0.05, 0.1) is 0 Å². The molecular weight excluding hydrogens is 458 g/mol. The Morgan fingerprint density at radius 2 is 1.41 bits per heavy atom. The SMILES string of the molecule is CCCCCC1CCC(C2CCC(C(F)(F)C(F)(F)c3ccc4c(c3)OC(F)(F)O4)CC2)CC1. The number of hydrogen-bond acceptors (Lipinski definition) is 2. The van der Waals surface area contributed by atoms with Gasteiger partial charge in [-0.15, -0.1) is 8.78 Å². The zero-order valence-corrected chi connectivity index (χ0v) is 19.6. The van der Waals surface area contributed by atoms with Crippen LogP contribution in [0, 0.1) is 23.7 Å². The van der Waals surface area contributed by atoms with E-state index in [9.17, 15) is 17.6 Å². The molecule has 0 atom stereocenters. The molecule has 2 saturated carbocycles. The molecule has 0 spiro atoms. The smallest absolute Gasteiger partial charge is 0.395 e. The van der Waals surface area contributed by atoms with Gasteiger partial charge < -0.3 is 9.47 Å². The van der Waals surface area contributed by atoms with E-state index in [1.54, 1.807) is 0 Å². The standard InChI is InChI=1S/C26H34F6O2/c1-2-3-4-5-17-6-8-18(9-7-17)19-10-12-20(13-11-19)24(27,28)25(29,30)21-14-15-22-23(16-21)34-26(31,32)33-22/h14-20H,2-13H2,1H3. The molecule has 34 heavy (non-hydrogen) atoms. The molecule has 0 bridgehead atoms. The molecular formula is C26H34F6O2. The first-order valence-electron chi connectivity index (χ1n) is 12.7. The summed E-state index contributed by atoms with van der Waals surface area (Å²) < 4.78 is 94.8. The second-order valence-corrected chi connectivity index (χ2v) is 10.4. The van der Waals surface area contributed by atoms with E-state index in [-0.39, 0.29) is 12.8 Å². The van der Waals surface area contributed by atoms with Crippen LogP contribution in [0.5, 0.6) is 11.5 Å². The Kier molecular flexibility index (Phi) is 7.35. The third kappa shape index (κ3) is 5.15. The van der Waals surface area contributed by atoms with Crippen LogP contribution in [0.3, 0.4) is 0 Å². The molecule has 1 aliphatic heterocycles. The van der Waals surface area contributed by atoms with Crippen molar-refractivity contribution in [2.24, 2.45) is 23.7 Å². The topological polar surface area (TPSA) is 18.5 Å². The Morgan fingerprint density at radius 1 is 0.824 bits per heavy atom. The summed E-state index contributed by atoms with van der Waals surface area (Å²) in [5.74, 6) is -9.75. The van der Waals surface area contributed by atoms with Crippen LogP contribution in [0.1, 0.15) is 89.5 Å². The van der Waals surface area contributed by atoms with E-state index in [1.807, 2.05) is 0 Å². The third-order valence-corrected chi connectivity index (χ3v) is 8.24. The fourth-order valence-electron chi connectivity index (χ4n) is 6.18. The van der Waals surface area contributed by atoms with E-state index in [0.29, 0.717) is 36.8 Å². The Hall–Kier alpha value is -1.60. The number of ether oxygens (including phenoxy) is 2. The average molecular weight is 493 g/mol. The van der Waals surface area contributed by atoms with Gasteiger partial charge in [-0.05, 0) is 74.5 Å². The highest BCUT2D eigenvalue weighted by Crippen LogP contribution is 2.54. The van der Waals surface area contributed by atoms with Crippen molar-refractivity contribution >= 4 is 0 Å². The summed E-state index contributed by atoms with van der Waals surface area (Å²) in [6.45, 7) is 2.20. The van der Waals surface area contributed by atoms with Gasteiger partial charge in [-0.2, -0.15) is 17.6 Å². The molecule has 0 radical (unpaired) electrons. The van der Waals surface area contributed by atoms with Crippen LogP contribution in [0.25, 0.3) is 0 Å². The number of fused-ring (bicyclic) bond motifs is 1. The van der Waals surface area contributed by atoms with Gasteiger partial charge in [0.1, 0.15) is 0 Å². The minimum absolute atomic E-state index is 0.0479. The molecule has 1 aromatic rings. The lowest BCUT2D eigenvalue weighted by Crippen LogP contribution is -2.46. The Morgan fingerprint density at radius 3 is 2.03 bits per heavy atom. The molecule has 2 aliphatic carbocycles. The van der Waals surface area contributed by atoms with Crippen molar-refractivity contribution in [3.8, 4) is 11.5 Å². The molecule has 8 heteroatoms. The molecule has 0 N–H and O–H groups in total. The number of benzene rings is 1. The van der Waals surface area contributed by atoms with Crippen LogP contribution in [0.4, 0.5) is 26.3 Å². The van der Waals surface area contributed by atoms with Gasteiger partial charge >= 0.3 is 18.1 Å². The van der Waals surface area contributed by atoms with Crippen LogP contribution in [0.2, 0.25) is 0 Å². The van der Waals surface area contributed by atoms with Crippen LogP contribution >= 0.6 is 0 Å². The van der Waals surface area contributed by atoms with E-state index in [4.69, 9.17) is 0 Å². The van der Waals surface area contributed by atoms with Gasteiger partial charge in [0, 0.05) is 11.5 Å². The van der Waals surface area contributed by atoms with Crippen molar-refractivity contribution in [3.63, 3.8) is 0 Å². The number of rotatable bonds is 8. The molecule has 0 unspecified atom stereocenters. The minimum atomic E-state index is -4.50. The van der Waals surface area contributed by atoms with E-state index in [2.05, 4.69) is 16.4 Å². The van der Waals surface area contributed by atoms with Crippen molar-refractivity contribution in [3.05, 3.63) is 23.8 Å². The van der Waals surface area contributed by atoms with Gasteiger partial charge in [-0.25, -0.2) is 0 Å². The molecule has 2 fully saturated rings. The summed E-state index contributed by atoms with van der Waals surface area (Å²) >= 11 is 0. The fourth-order valence-corrected chi connectivity index (χ4v) is 6.18. The number of unbranched alkanes of at least 4 members (excludes halogenated alkanes) is 2. The minimum Gasteiger partial charge on any atom is -0.395 e. The van der Waals surface area contributed by atoms with Crippen molar-refractivity contribution in [1.29, 1.82) is 0 Å². The summed E-state index contributed by atoms with van der Waals surface area (Å²) in [6, 6.07) is 2.07. The van der Waals surface area contributed by atoms with E-state index in [1.165, 1.54) is 38.5 Å². The predicted molar refractivity (Wildman–Crippen MR) is 117 cm³/mol. The van der Waals surface area contributed by atoms with Crippen molar-refractivity contribution in [2.75, 3.05) is 0 Å². The maximum Gasteiger partial charge on any atom is 0.586 e. The highest BCUT2D eigenvalue weighted by molar-refractivity contribution is 5.46. The Balaban J connectivity index is 1.33. The fraction of sp³-hybridized carbons (Fsp3) is 0.769. The highest BCUT2D eigenvalue weighted by Gasteiger charge is 2.62. The molecule has 3 aliphatic rings. The summed E-state index contributed by atoms with van der Waals surface area (Å²) in [6.07, 6.45) is 6.79. The van der Waals surface area contributed by atoms with Crippen LogP contribution in [-0.4, -0.2) is 12.2 Å². The van der Waals surface area contributed by atoms with Gasteiger partial charge in [-0.1, -0.05) is 45.4 Å². The normalized spacial score (nSPS) is 29.3. The first kappa shape index (κ1) is 25.5. The molecule has 0 amide bonds. The van der Waals surface area contributed by atoms with E-state index < -0.39 is 41.1 Å². The first-order chi connectivity index (χ1) is 16.0. The second-order valence-electron chi connectivity index (χ2n) is 10.4. The van der Waals surface area contributed by atoms with Gasteiger partial charge in [0.2, 0.25) is 0 Å². The lowest BCUT2D eigenvalue weighted by Gasteiger charge is -2.41. The summed E-state index contributed by atoms with van der Waals surface area (Å²) in [5.41, 5.74) is -1.04. The molecule has 0 saturated heterocycles. The Bertz CT molecular complexity index is 827. The highest BCUT2D eigenvalue weighted by atomic mass is 19.3. The van der Waals surface area contributed by atoms with E-state index >= 15 is 8.78 Å². The first-order valence-corrected chi connectivity index (χ1v) is 12.7. The van der Waals surface area contributed by atoms with Gasteiger partial charge in [0.25, 0.3) is 0 Å². The van der Waals surface area contributed by atoms with Crippen molar-refractivity contribution < 1.29 is 35.8 Å². The Labute approximate surface area is 197 Å². The zero-order valence-electron chi connectivity index (χ0n) is 19.6. The summed E-state index contributed by atoms with van der Waals surface area (Å²) in [4.78, 5) is 0. The van der Waals surface area contributed by atoms with Gasteiger partial charge in [-0.3, -0.25) is 0 Å². The molecule has 2 nitrogen and oxygen atoms in total. The lowest BCUT2D eigenvalue weighted by molar-refractivity contribution is -0.286. The quantitative estimate of drug-likeness (QED) is 0.266. The largest absolute Gasteiger partial charge is 0.586 e. The zero-order chi connectivity index (χ0) is 24.6. The van der Waals surface area contributed by atoms with Crippen molar-refractivity contribution in [2.45, 2.75) is 102 Å². The number of halogens is 6. The average Bonchev–Trinajstić information content (AvgIpc) is 3.12. The predicted octanol–water partition coefficient (Wildman–Crippen LogP) is 8.93.